The number of allylic oxidation sites excluding steroid dienone is 3. The molecular formula is C71H131ClFN5O13S4. The molecule has 0 saturated heterocycles. The van der Waals surface area contributed by atoms with Crippen molar-refractivity contribution >= 4 is 93.8 Å². The van der Waals surface area contributed by atoms with Gasteiger partial charge in [-0.25, -0.2) is 30.2 Å². The van der Waals surface area contributed by atoms with E-state index in [1.807, 2.05) is 170 Å². The number of sulfonamides is 1. The maximum absolute atomic E-state index is 11.3. The first-order chi connectivity index (χ1) is 42.1. The molecule has 2 atom stereocenters. The van der Waals surface area contributed by atoms with Gasteiger partial charge in [0.05, 0.1) is 34.4 Å². The first kappa shape index (κ1) is 114. The summed E-state index contributed by atoms with van der Waals surface area (Å²) in [5.41, 5.74) is 0.120. The van der Waals surface area contributed by atoms with Gasteiger partial charge in [-0.3, -0.25) is 37.8 Å². The molecule has 0 aliphatic carbocycles. The Labute approximate surface area is 589 Å². The lowest BCUT2D eigenvalue weighted by Gasteiger charge is -2.19. The Kier molecular flexibility index (Phi) is 70.8. The largest absolute Gasteiger partial charge is 0.348 e. The first-order valence-electron chi connectivity index (χ1n) is 30.5. The lowest BCUT2D eigenvalue weighted by atomic mass is 9.90. The molecular weight excluding hydrogens is 1310 g/mol. The van der Waals surface area contributed by atoms with Gasteiger partial charge in [0.25, 0.3) is 0 Å². The van der Waals surface area contributed by atoms with Crippen LogP contribution in [0.15, 0.2) is 85.1 Å². The number of carbonyl (C=O) groups is 7. The van der Waals surface area contributed by atoms with Crippen LogP contribution in [0.4, 0.5) is 4.39 Å². The lowest BCUT2D eigenvalue weighted by Crippen LogP contribution is -2.39. The predicted octanol–water partition coefficient (Wildman–Crippen LogP) is 14.4. The highest BCUT2D eigenvalue weighted by molar-refractivity contribution is 7.94. The van der Waals surface area contributed by atoms with Crippen molar-refractivity contribution in [2.75, 3.05) is 33.2 Å². The average Bonchev–Trinajstić information content (AvgIpc) is 2.30. The van der Waals surface area contributed by atoms with Gasteiger partial charge < -0.3 is 15.5 Å². The number of sulfone groups is 1. The third-order valence-electron chi connectivity index (χ3n) is 9.27. The number of nitrogens with one attached hydrogen (secondary N) is 3. The monoisotopic (exact) mass is 1440 g/mol. The van der Waals surface area contributed by atoms with E-state index in [-0.39, 0.29) is 108 Å². The van der Waals surface area contributed by atoms with Crippen LogP contribution in [0.5, 0.6) is 0 Å². The van der Waals surface area contributed by atoms with Gasteiger partial charge in [-0.15, -0.1) is 18.0 Å². The van der Waals surface area contributed by atoms with Crippen LogP contribution < -0.4 is 15.4 Å². The van der Waals surface area contributed by atoms with Gasteiger partial charge in [-0.2, -0.15) is 5.26 Å². The second-order valence-electron chi connectivity index (χ2n) is 28.4. The molecule has 0 rings (SSSR count). The quantitative estimate of drug-likeness (QED) is 0.0653. The van der Waals surface area contributed by atoms with Crippen LogP contribution in [0, 0.1) is 52.1 Å². The molecule has 0 aromatic rings. The summed E-state index contributed by atoms with van der Waals surface area (Å²) in [6.07, 6.45) is 12.7. The number of nitriles is 1. The zero-order valence-corrected chi connectivity index (χ0v) is 68.6. The fourth-order valence-electron chi connectivity index (χ4n) is 3.60. The van der Waals surface area contributed by atoms with E-state index >= 15 is 0 Å². The molecule has 2 amide bonds. The van der Waals surface area contributed by atoms with Crippen molar-refractivity contribution in [1.29, 1.82) is 5.26 Å². The van der Waals surface area contributed by atoms with Gasteiger partial charge in [-0.05, 0) is 175 Å². The number of alkyl halides is 2. The number of halogens is 2. The molecule has 556 valence electrons. The fourth-order valence-corrected chi connectivity index (χ4v) is 6.08. The zero-order chi connectivity index (χ0) is 79.3. The van der Waals surface area contributed by atoms with E-state index in [9.17, 15) is 63.2 Å². The second-order valence-corrected chi connectivity index (χ2v) is 36.9. The second kappa shape index (κ2) is 59.0. The number of amides is 2. The number of Topliss-reactive ketones (excluding diaryl/α,β-unsaturated/α-hetero) is 3. The van der Waals surface area contributed by atoms with Crippen LogP contribution in [-0.4, -0.2) is 135 Å². The molecule has 0 heterocycles. The van der Waals surface area contributed by atoms with E-state index in [1.165, 1.54) is 17.6 Å². The van der Waals surface area contributed by atoms with E-state index in [1.54, 1.807) is 80.5 Å². The van der Waals surface area contributed by atoms with Crippen molar-refractivity contribution < 1.29 is 63.2 Å². The van der Waals surface area contributed by atoms with Gasteiger partial charge in [0.2, 0.25) is 21.8 Å². The van der Waals surface area contributed by atoms with Crippen molar-refractivity contribution in [1.82, 2.24) is 20.3 Å². The highest BCUT2D eigenvalue weighted by atomic mass is 35.5. The molecule has 95 heavy (non-hydrogen) atoms. The Morgan fingerprint density at radius 2 is 1.00 bits per heavy atom. The number of hydrogen-bond acceptors (Lipinski definition) is 15. The van der Waals surface area contributed by atoms with Gasteiger partial charge >= 0.3 is 0 Å². The molecule has 2 unspecified atom stereocenters. The molecule has 0 aliphatic rings. The molecule has 3 N–H and O–H groups in total. The van der Waals surface area contributed by atoms with Crippen molar-refractivity contribution in [3.8, 4) is 17.7 Å². The Balaban J connectivity index is -0.0000000912. The molecule has 0 aromatic carbocycles. The summed E-state index contributed by atoms with van der Waals surface area (Å²) in [6, 6.07) is 1.80. The molecule has 0 radical (unpaired) electrons. The van der Waals surface area contributed by atoms with Crippen molar-refractivity contribution in [3.63, 3.8) is 0 Å². The van der Waals surface area contributed by atoms with Crippen LogP contribution in [-0.2, 0) is 75.0 Å². The maximum Gasteiger partial charge on any atom is 0.244 e. The van der Waals surface area contributed by atoms with Gasteiger partial charge in [0.1, 0.15) is 29.0 Å². The fraction of sp³-hybridized carbons (Fsp3) is 0.662. The average molecular weight is 1450 g/mol. The summed E-state index contributed by atoms with van der Waals surface area (Å²) in [6.45, 7) is 71.9. The molecule has 0 aromatic heterocycles. The number of carbonyl (C=O) groups excluding carboxylic acids is 7. The minimum Gasteiger partial charge on any atom is -0.348 e. The number of rotatable bonds is 18. The molecule has 0 saturated carbocycles. The minimum absolute atomic E-state index is 0.00894. The molecule has 18 nitrogen and oxygen atoms in total. The summed E-state index contributed by atoms with van der Waals surface area (Å²) in [5, 5.41) is 18.8. The van der Waals surface area contributed by atoms with Crippen LogP contribution in [0.3, 0.4) is 0 Å². The van der Waals surface area contributed by atoms with Crippen molar-refractivity contribution in [3.05, 3.63) is 85.1 Å². The third kappa shape index (κ3) is 100. The summed E-state index contributed by atoms with van der Waals surface area (Å²) < 4.78 is 77.6. The van der Waals surface area contributed by atoms with E-state index < -0.39 is 53.7 Å². The number of terminal acetylenes is 1. The highest BCUT2D eigenvalue weighted by Gasteiger charge is 2.20. The van der Waals surface area contributed by atoms with E-state index in [0.717, 1.165) is 22.9 Å². The molecule has 0 bridgehead atoms. The summed E-state index contributed by atoms with van der Waals surface area (Å²) in [4.78, 5) is 76.5. The number of ketones is 5. The van der Waals surface area contributed by atoms with Crippen LogP contribution >= 0.6 is 11.6 Å². The van der Waals surface area contributed by atoms with Gasteiger partial charge in [0, 0.05) is 78.6 Å². The summed E-state index contributed by atoms with van der Waals surface area (Å²) >= 11 is 5.20. The van der Waals surface area contributed by atoms with E-state index in [4.69, 9.17) is 23.3 Å². The Hall–Kier alpha value is -5.14. The normalized spacial score (nSPS) is 11.6. The first-order valence-corrected chi connectivity index (χ1v) is 36.6. The maximum atomic E-state index is 11.3. The Bertz CT molecular complexity index is 2690. The third-order valence-corrected chi connectivity index (χ3v) is 15.5. The number of hydrogen-bond donors (Lipinski definition) is 3. The van der Waals surface area contributed by atoms with Crippen LogP contribution in [0.1, 0.15) is 214 Å². The molecule has 24 heteroatoms. The number of nitrogens with zero attached hydrogens (tertiary/aromatic N) is 2. The minimum atomic E-state index is -3.26. The highest BCUT2D eigenvalue weighted by Crippen LogP contribution is 2.16. The van der Waals surface area contributed by atoms with Crippen LogP contribution in [0.25, 0.3) is 0 Å². The van der Waals surface area contributed by atoms with Crippen LogP contribution in [0.2, 0.25) is 0 Å². The van der Waals surface area contributed by atoms with Crippen molar-refractivity contribution in [2.24, 2.45) is 29.1 Å². The van der Waals surface area contributed by atoms with E-state index in [0.29, 0.717) is 0 Å². The number of likely N-dealkylation sites (N-methyl/N-ethyl adjacent to an activating group) is 1. The van der Waals surface area contributed by atoms with E-state index in [2.05, 4.69) is 53.5 Å². The lowest BCUT2D eigenvalue weighted by molar-refractivity contribution is -0.123. The predicted molar refractivity (Wildman–Crippen MR) is 405 cm³/mol. The van der Waals surface area contributed by atoms with Gasteiger partial charge in [-0.1, -0.05) is 121 Å². The Morgan fingerprint density at radius 3 is 1.09 bits per heavy atom. The molecule has 0 aliphatic heterocycles. The van der Waals surface area contributed by atoms with Crippen molar-refractivity contribution in [2.45, 2.75) is 245 Å². The Morgan fingerprint density at radius 1 is 0.611 bits per heavy atom. The standard InChI is InChI=1S/C10H20N2O.C9H16O.C7H13NO.C6H13NO2S.C6H9NO.C6H12OS.C6H10OS.C6H10O.C5H9ClO.C5H9FO.C5H10O2S/c1-10(2,3)11-9(13)7-6-8-12(4)5;1-7(2)6-8(10)9(3,4)5;1-5-6(9)8-7(2,3)4;1-5-10(8,9)7-6(2,3)4;1-5(2)6(8)3-4-7;2*1-5-8(7)6(2,3)4;1-4-6(7)5(2)3;2*1-4(2)5(7)3-6;1-4-8(6,7)5(2)3/h6-7H,8H2,1-5H3,(H,11,13);6H,1-5H3;5H,1H2,2-4H3,(H,8,9);5,7H,1H2,2-4H3;5H,3H2,1-2H3;5H,1H2,2-4H3;1H,2-4H3;4-5H,1H2,2-3H3;2*4H,3H2,1-2H3;4-5H,1H2,2-3H3/b7-6+;;;;;;;;;;. The SMILES string of the molecule is C#CS(=O)C(C)(C)C.C=CC(=O)C(C)C.C=CC(=O)NC(C)(C)C.C=CS(=O)(=O)C(C)C.C=CS(=O)(=O)NC(C)(C)C.C=CS(=O)C(C)(C)C.CC(C)=CC(=O)C(C)(C)C.CC(C)C(=O)CC#N.CC(C)C(=O)CCl.CC(C)C(=O)CF.CN(C)C/C=C/C(=O)NC(C)(C)C. The smallest absolute Gasteiger partial charge is 0.244 e. The topological polar surface area (TPSA) is 285 Å². The molecule has 0 fully saturated rings. The zero-order valence-electron chi connectivity index (χ0n) is 64.5. The molecule has 0 spiro atoms. The van der Waals surface area contributed by atoms with Gasteiger partial charge in [0.15, 0.2) is 27.2 Å². The summed E-state index contributed by atoms with van der Waals surface area (Å²) in [5.74, 6) is 0.186. The summed E-state index contributed by atoms with van der Waals surface area (Å²) in [7, 11) is -4.30.